The highest BCUT2D eigenvalue weighted by Crippen LogP contribution is 2.24. The van der Waals surface area contributed by atoms with Gasteiger partial charge in [0.2, 0.25) is 0 Å². The first-order valence-corrected chi connectivity index (χ1v) is 7.34. The lowest BCUT2D eigenvalue weighted by Gasteiger charge is -2.43. The molecule has 0 aromatic carbocycles. The Morgan fingerprint density at radius 3 is 2.40 bits per heavy atom. The quantitative estimate of drug-likeness (QED) is 0.310. The van der Waals surface area contributed by atoms with Crippen molar-refractivity contribution in [2.45, 2.75) is 38.1 Å². The van der Waals surface area contributed by atoms with Crippen molar-refractivity contribution in [2.24, 2.45) is 4.99 Å². The van der Waals surface area contributed by atoms with Gasteiger partial charge in [-0.15, -0.1) is 24.0 Å². The summed E-state index contributed by atoms with van der Waals surface area (Å²) in [6, 6.07) is 0. The van der Waals surface area contributed by atoms with Gasteiger partial charge >= 0.3 is 0 Å². The van der Waals surface area contributed by atoms with Crippen LogP contribution in [0.25, 0.3) is 0 Å². The smallest absolute Gasteiger partial charge is 0.191 e. The zero-order chi connectivity index (χ0) is 14.1. The van der Waals surface area contributed by atoms with Crippen LogP contribution in [0.1, 0.15) is 32.6 Å². The molecular formula is C14H31IN4O. The van der Waals surface area contributed by atoms with Gasteiger partial charge in [0.15, 0.2) is 5.96 Å². The second kappa shape index (κ2) is 10.6. The molecule has 1 aliphatic heterocycles. The van der Waals surface area contributed by atoms with Gasteiger partial charge in [0.25, 0.3) is 0 Å². The van der Waals surface area contributed by atoms with Gasteiger partial charge < -0.3 is 20.3 Å². The fraction of sp³-hybridized carbons (Fsp3) is 0.929. The fourth-order valence-electron chi connectivity index (χ4n) is 2.39. The second-order valence-corrected chi connectivity index (χ2v) is 5.44. The van der Waals surface area contributed by atoms with E-state index in [0.29, 0.717) is 0 Å². The average Bonchev–Trinajstić information content (AvgIpc) is 2.43. The molecule has 5 nitrogen and oxygen atoms in total. The third-order valence-electron chi connectivity index (χ3n) is 4.00. The van der Waals surface area contributed by atoms with Crippen molar-refractivity contribution in [1.29, 1.82) is 0 Å². The first-order chi connectivity index (χ1) is 9.14. The number of ether oxygens (including phenoxy) is 1. The van der Waals surface area contributed by atoms with E-state index in [1.807, 2.05) is 7.05 Å². The first-order valence-electron chi connectivity index (χ1n) is 7.34. The molecule has 0 unspecified atom stereocenters. The molecule has 0 aliphatic carbocycles. The van der Waals surface area contributed by atoms with Gasteiger partial charge in [-0.25, -0.2) is 0 Å². The van der Waals surface area contributed by atoms with Gasteiger partial charge in [-0.05, 0) is 33.4 Å². The molecule has 6 heteroatoms. The molecule has 0 amide bonds. The van der Waals surface area contributed by atoms with Crippen molar-refractivity contribution in [1.82, 2.24) is 15.5 Å². The number of aliphatic imine (C=N–C) groups is 1. The third kappa shape index (κ3) is 6.13. The second-order valence-electron chi connectivity index (χ2n) is 5.44. The maximum Gasteiger partial charge on any atom is 0.191 e. The van der Waals surface area contributed by atoms with E-state index in [2.05, 4.69) is 41.5 Å². The van der Waals surface area contributed by atoms with E-state index in [9.17, 15) is 0 Å². The average molecular weight is 398 g/mol. The minimum atomic E-state index is 0. The van der Waals surface area contributed by atoms with Gasteiger partial charge in [-0.1, -0.05) is 13.3 Å². The predicted molar refractivity (Wildman–Crippen MR) is 96.2 cm³/mol. The summed E-state index contributed by atoms with van der Waals surface area (Å²) in [5.74, 6) is 0.904. The van der Waals surface area contributed by atoms with Crippen LogP contribution in [0.15, 0.2) is 4.99 Å². The summed E-state index contributed by atoms with van der Waals surface area (Å²) >= 11 is 0. The van der Waals surface area contributed by atoms with Crippen molar-refractivity contribution < 1.29 is 4.74 Å². The molecule has 1 heterocycles. The standard InChI is InChI=1S/C14H30N4O.HI/c1-5-6-9-16-13(15-2)17-12-14(18(3)4)7-10-19-11-8-14;/h5-12H2,1-4H3,(H2,15,16,17);1H. The van der Waals surface area contributed by atoms with Crippen LogP contribution in [0.5, 0.6) is 0 Å². The van der Waals surface area contributed by atoms with Crippen molar-refractivity contribution in [3.63, 3.8) is 0 Å². The number of halogens is 1. The Bertz CT molecular complexity index is 278. The number of likely N-dealkylation sites (N-methyl/N-ethyl adjacent to an activating group) is 1. The first kappa shape index (κ1) is 19.9. The highest BCUT2D eigenvalue weighted by atomic mass is 127. The normalized spacial score (nSPS) is 18.6. The molecule has 2 N–H and O–H groups in total. The number of hydrogen-bond acceptors (Lipinski definition) is 3. The predicted octanol–water partition coefficient (Wildman–Crippen LogP) is 1.68. The van der Waals surface area contributed by atoms with Crippen molar-refractivity contribution in [2.75, 3.05) is 47.4 Å². The molecule has 0 spiro atoms. The van der Waals surface area contributed by atoms with Crippen molar-refractivity contribution in [3.05, 3.63) is 0 Å². The van der Waals surface area contributed by atoms with E-state index in [0.717, 1.165) is 45.1 Å². The fourth-order valence-corrected chi connectivity index (χ4v) is 2.39. The number of nitrogens with zero attached hydrogens (tertiary/aromatic N) is 2. The number of guanidine groups is 1. The Morgan fingerprint density at radius 1 is 1.25 bits per heavy atom. The lowest BCUT2D eigenvalue weighted by molar-refractivity contribution is -0.00501. The number of rotatable bonds is 6. The van der Waals surface area contributed by atoms with Crippen LogP contribution in [0.4, 0.5) is 0 Å². The molecule has 0 bridgehead atoms. The van der Waals surface area contributed by atoms with Gasteiger partial charge in [-0.3, -0.25) is 4.99 Å². The Kier molecular flexibility index (Phi) is 10.6. The summed E-state index contributed by atoms with van der Waals surface area (Å²) in [5, 5.41) is 6.82. The molecule has 120 valence electrons. The number of hydrogen-bond donors (Lipinski definition) is 2. The third-order valence-corrected chi connectivity index (χ3v) is 4.00. The van der Waals surface area contributed by atoms with Gasteiger partial charge in [0, 0.05) is 38.9 Å². The van der Waals surface area contributed by atoms with E-state index in [1.165, 1.54) is 12.8 Å². The molecule has 0 aromatic rings. The highest BCUT2D eigenvalue weighted by molar-refractivity contribution is 14.0. The summed E-state index contributed by atoms with van der Waals surface area (Å²) in [7, 11) is 6.13. The largest absolute Gasteiger partial charge is 0.381 e. The Balaban J connectivity index is 0.00000361. The molecular weight excluding hydrogens is 367 g/mol. The molecule has 1 saturated heterocycles. The van der Waals surface area contributed by atoms with E-state index in [1.54, 1.807) is 0 Å². The Hall–Kier alpha value is -0.0800. The van der Waals surface area contributed by atoms with Crippen LogP contribution in [0.3, 0.4) is 0 Å². The van der Waals surface area contributed by atoms with E-state index < -0.39 is 0 Å². The molecule has 1 fully saturated rings. The van der Waals surface area contributed by atoms with Crippen LogP contribution in [-0.4, -0.2) is 63.8 Å². The Labute approximate surface area is 140 Å². The summed E-state index contributed by atoms with van der Waals surface area (Å²) < 4.78 is 5.49. The highest BCUT2D eigenvalue weighted by Gasteiger charge is 2.34. The zero-order valence-corrected chi connectivity index (χ0v) is 15.7. The lowest BCUT2D eigenvalue weighted by Crippen LogP contribution is -2.57. The van der Waals surface area contributed by atoms with Crippen molar-refractivity contribution in [3.8, 4) is 0 Å². The minimum Gasteiger partial charge on any atom is -0.381 e. The zero-order valence-electron chi connectivity index (χ0n) is 13.4. The maximum atomic E-state index is 5.49. The van der Waals surface area contributed by atoms with Crippen molar-refractivity contribution >= 4 is 29.9 Å². The monoisotopic (exact) mass is 398 g/mol. The van der Waals surface area contributed by atoms with Gasteiger partial charge in [-0.2, -0.15) is 0 Å². The SMILES string of the molecule is CCCCNC(=NC)NCC1(N(C)C)CCOCC1.I. The lowest BCUT2D eigenvalue weighted by atomic mass is 9.88. The van der Waals surface area contributed by atoms with Gasteiger partial charge in [0.05, 0.1) is 0 Å². The Morgan fingerprint density at radius 2 is 1.90 bits per heavy atom. The molecule has 0 aromatic heterocycles. The molecule has 1 rings (SSSR count). The summed E-state index contributed by atoms with van der Waals surface area (Å²) in [6.07, 6.45) is 4.51. The van der Waals surface area contributed by atoms with Crippen LogP contribution < -0.4 is 10.6 Å². The molecule has 20 heavy (non-hydrogen) atoms. The van der Waals surface area contributed by atoms with Crippen LogP contribution in [0.2, 0.25) is 0 Å². The van der Waals surface area contributed by atoms with Crippen LogP contribution in [0, 0.1) is 0 Å². The molecule has 1 aliphatic rings. The summed E-state index contributed by atoms with van der Waals surface area (Å²) in [5.41, 5.74) is 0.181. The minimum absolute atomic E-state index is 0. The summed E-state index contributed by atoms with van der Waals surface area (Å²) in [6.45, 7) is 5.79. The number of unbranched alkanes of at least 4 members (excludes halogenated alkanes) is 1. The van der Waals surface area contributed by atoms with Crippen LogP contribution >= 0.6 is 24.0 Å². The molecule has 0 atom stereocenters. The van der Waals surface area contributed by atoms with Crippen LogP contribution in [-0.2, 0) is 4.74 Å². The van der Waals surface area contributed by atoms with E-state index >= 15 is 0 Å². The van der Waals surface area contributed by atoms with E-state index in [4.69, 9.17) is 4.74 Å². The summed E-state index contributed by atoms with van der Waals surface area (Å²) in [4.78, 5) is 6.60. The van der Waals surface area contributed by atoms with E-state index in [-0.39, 0.29) is 29.5 Å². The topological polar surface area (TPSA) is 48.9 Å². The number of nitrogens with one attached hydrogen (secondary N) is 2. The maximum absolute atomic E-state index is 5.49. The molecule has 0 saturated carbocycles. The van der Waals surface area contributed by atoms with Gasteiger partial charge in [0.1, 0.15) is 0 Å². The molecule has 0 radical (unpaired) electrons.